The summed E-state index contributed by atoms with van der Waals surface area (Å²) in [4.78, 5) is 5.21. The van der Waals surface area contributed by atoms with Crippen molar-refractivity contribution in [1.82, 2.24) is 9.80 Å². The van der Waals surface area contributed by atoms with Crippen LogP contribution in [-0.2, 0) is 0 Å². The van der Waals surface area contributed by atoms with Crippen molar-refractivity contribution in [1.29, 1.82) is 0 Å². The molecule has 2 heterocycles. The Bertz CT molecular complexity index is 347. The fourth-order valence-corrected chi connectivity index (χ4v) is 3.46. The number of hydrogen-bond donors (Lipinski definition) is 0. The Morgan fingerprint density at radius 2 is 1.70 bits per heavy atom. The summed E-state index contributed by atoms with van der Waals surface area (Å²) in [5.74, 6) is 7.97. The van der Waals surface area contributed by atoms with Crippen molar-refractivity contribution in [3.05, 3.63) is 0 Å². The molecule has 0 bridgehead atoms. The van der Waals surface area contributed by atoms with Gasteiger partial charge in [-0.3, -0.25) is 4.90 Å². The van der Waals surface area contributed by atoms with Crippen LogP contribution in [0, 0.1) is 29.1 Å². The fourth-order valence-electron chi connectivity index (χ4n) is 3.46. The van der Waals surface area contributed by atoms with E-state index in [2.05, 4.69) is 49.3 Å². The molecule has 0 amide bonds. The lowest BCUT2D eigenvalue weighted by atomic mass is 9.71. The van der Waals surface area contributed by atoms with Gasteiger partial charge in [-0.25, -0.2) is 0 Å². The van der Waals surface area contributed by atoms with Crippen molar-refractivity contribution in [2.45, 2.75) is 47.0 Å². The van der Waals surface area contributed by atoms with E-state index in [1.165, 1.54) is 52.0 Å². The molecule has 0 N–H and O–H groups in total. The second kappa shape index (κ2) is 6.96. The quantitative estimate of drug-likeness (QED) is 0.728. The lowest BCUT2D eigenvalue weighted by Gasteiger charge is -2.54. The summed E-state index contributed by atoms with van der Waals surface area (Å²) in [6.07, 6.45) is 4.08. The standard InChI is InChI=1S/C18H32N2/c1-5-17(4)13-20-14-18(15-20)8-11-19(12-9-18)10-6-7-16(2)3/h16-17H,5,8-15H2,1-4H3. The Hall–Kier alpha value is -0.520. The topological polar surface area (TPSA) is 6.48 Å². The maximum atomic E-state index is 3.33. The molecule has 2 fully saturated rings. The smallest absolute Gasteiger partial charge is 0.0601 e. The van der Waals surface area contributed by atoms with E-state index in [1.54, 1.807) is 0 Å². The maximum Gasteiger partial charge on any atom is 0.0601 e. The van der Waals surface area contributed by atoms with Crippen molar-refractivity contribution in [2.24, 2.45) is 17.3 Å². The Morgan fingerprint density at radius 3 is 2.25 bits per heavy atom. The SMILES string of the molecule is CCC(C)CN1CC2(CCN(CC#CC(C)C)CC2)C1. The average molecular weight is 276 g/mol. The average Bonchev–Trinajstić information content (AvgIpc) is 2.38. The van der Waals surface area contributed by atoms with Crippen molar-refractivity contribution in [3.8, 4) is 11.8 Å². The molecular weight excluding hydrogens is 244 g/mol. The summed E-state index contributed by atoms with van der Waals surface area (Å²) in [7, 11) is 0. The third kappa shape index (κ3) is 4.24. The zero-order valence-electron chi connectivity index (χ0n) is 13.9. The molecule has 2 heteroatoms. The van der Waals surface area contributed by atoms with Crippen LogP contribution < -0.4 is 0 Å². The van der Waals surface area contributed by atoms with Gasteiger partial charge in [0.25, 0.3) is 0 Å². The molecule has 1 unspecified atom stereocenters. The summed E-state index contributed by atoms with van der Waals surface area (Å²) in [6, 6.07) is 0. The Kier molecular flexibility index (Phi) is 5.52. The Labute approximate surface area is 125 Å². The summed E-state index contributed by atoms with van der Waals surface area (Å²) < 4.78 is 0. The first-order valence-corrected chi connectivity index (χ1v) is 8.46. The lowest BCUT2D eigenvalue weighted by molar-refractivity contribution is -0.0503. The van der Waals surface area contributed by atoms with Crippen LogP contribution >= 0.6 is 0 Å². The number of piperidine rings is 1. The molecule has 1 atom stereocenters. The molecule has 1 spiro atoms. The molecule has 114 valence electrons. The van der Waals surface area contributed by atoms with Gasteiger partial charge in [0.2, 0.25) is 0 Å². The summed E-state index contributed by atoms with van der Waals surface area (Å²) in [6.45, 7) is 16.5. The molecule has 0 aliphatic carbocycles. The highest BCUT2D eigenvalue weighted by Crippen LogP contribution is 2.40. The molecule has 2 nitrogen and oxygen atoms in total. The predicted molar refractivity (Wildman–Crippen MR) is 86.6 cm³/mol. The van der Waals surface area contributed by atoms with E-state index in [0.29, 0.717) is 11.3 Å². The largest absolute Gasteiger partial charge is 0.302 e. The van der Waals surface area contributed by atoms with Crippen molar-refractivity contribution in [2.75, 3.05) is 39.3 Å². The summed E-state index contributed by atoms with van der Waals surface area (Å²) >= 11 is 0. The monoisotopic (exact) mass is 276 g/mol. The van der Waals surface area contributed by atoms with Crippen LogP contribution in [0.2, 0.25) is 0 Å². The fraction of sp³-hybridized carbons (Fsp3) is 0.889. The molecule has 0 saturated carbocycles. The highest BCUT2D eigenvalue weighted by molar-refractivity contribution is 5.05. The first-order valence-electron chi connectivity index (χ1n) is 8.46. The van der Waals surface area contributed by atoms with Crippen LogP contribution in [0.15, 0.2) is 0 Å². The van der Waals surface area contributed by atoms with E-state index < -0.39 is 0 Å². The Morgan fingerprint density at radius 1 is 1.05 bits per heavy atom. The Balaban J connectivity index is 1.67. The van der Waals surface area contributed by atoms with Crippen LogP contribution in [0.3, 0.4) is 0 Å². The minimum atomic E-state index is 0.506. The van der Waals surface area contributed by atoms with Gasteiger partial charge in [0.1, 0.15) is 0 Å². The number of nitrogens with zero attached hydrogens (tertiary/aromatic N) is 2. The van der Waals surface area contributed by atoms with Gasteiger partial charge in [-0.1, -0.05) is 46.0 Å². The third-order valence-corrected chi connectivity index (χ3v) is 4.99. The van der Waals surface area contributed by atoms with Gasteiger partial charge in [-0.15, -0.1) is 0 Å². The van der Waals surface area contributed by atoms with Gasteiger partial charge in [-0.2, -0.15) is 0 Å². The highest BCUT2D eigenvalue weighted by Gasteiger charge is 2.44. The molecule has 0 aromatic heterocycles. The van der Waals surface area contributed by atoms with Gasteiger partial charge in [0, 0.05) is 25.6 Å². The predicted octanol–water partition coefficient (Wildman–Crippen LogP) is 3.09. The van der Waals surface area contributed by atoms with Gasteiger partial charge >= 0.3 is 0 Å². The summed E-state index contributed by atoms with van der Waals surface area (Å²) in [5.41, 5.74) is 0.662. The van der Waals surface area contributed by atoms with Crippen LogP contribution in [0.5, 0.6) is 0 Å². The van der Waals surface area contributed by atoms with E-state index in [0.717, 1.165) is 12.5 Å². The van der Waals surface area contributed by atoms with E-state index in [4.69, 9.17) is 0 Å². The van der Waals surface area contributed by atoms with Gasteiger partial charge in [0.15, 0.2) is 0 Å². The normalized spacial score (nSPS) is 24.2. The highest BCUT2D eigenvalue weighted by atomic mass is 15.2. The molecule has 2 rings (SSSR count). The molecule has 2 aliphatic heterocycles. The molecule has 0 aromatic carbocycles. The molecule has 20 heavy (non-hydrogen) atoms. The first kappa shape index (κ1) is 15.9. The lowest BCUT2D eigenvalue weighted by Crippen LogP contribution is -2.60. The van der Waals surface area contributed by atoms with Crippen LogP contribution in [0.4, 0.5) is 0 Å². The summed E-state index contributed by atoms with van der Waals surface area (Å²) in [5, 5.41) is 0. The van der Waals surface area contributed by atoms with Gasteiger partial charge in [0.05, 0.1) is 6.54 Å². The molecule has 2 saturated heterocycles. The third-order valence-electron chi connectivity index (χ3n) is 4.99. The minimum absolute atomic E-state index is 0.506. The van der Waals surface area contributed by atoms with Crippen LogP contribution in [0.1, 0.15) is 47.0 Å². The van der Waals surface area contributed by atoms with Crippen molar-refractivity contribution in [3.63, 3.8) is 0 Å². The molecule has 0 aromatic rings. The molecular formula is C18H32N2. The molecule has 2 aliphatic rings. The number of likely N-dealkylation sites (tertiary alicyclic amines) is 2. The van der Waals surface area contributed by atoms with E-state index in [9.17, 15) is 0 Å². The number of hydrogen-bond acceptors (Lipinski definition) is 2. The van der Waals surface area contributed by atoms with Crippen molar-refractivity contribution >= 4 is 0 Å². The van der Waals surface area contributed by atoms with Crippen LogP contribution in [0.25, 0.3) is 0 Å². The maximum absolute atomic E-state index is 3.33. The number of rotatable bonds is 4. The van der Waals surface area contributed by atoms with Gasteiger partial charge in [-0.05, 0) is 37.3 Å². The van der Waals surface area contributed by atoms with E-state index in [-0.39, 0.29) is 0 Å². The zero-order valence-corrected chi connectivity index (χ0v) is 13.9. The molecule has 0 radical (unpaired) electrons. The second-order valence-electron chi connectivity index (χ2n) is 7.44. The first-order chi connectivity index (χ1) is 9.53. The second-order valence-corrected chi connectivity index (χ2v) is 7.44. The van der Waals surface area contributed by atoms with Crippen LogP contribution in [-0.4, -0.2) is 49.1 Å². The van der Waals surface area contributed by atoms with Crippen molar-refractivity contribution < 1.29 is 0 Å². The minimum Gasteiger partial charge on any atom is -0.302 e. The van der Waals surface area contributed by atoms with E-state index >= 15 is 0 Å². The van der Waals surface area contributed by atoms with Gasteiger partial charge < -0.3 is 4.90 Å². The van der Waals surface area contributed by atoms with E-state index in [1.807, 2.05) is 0 Å². The zero-order chi connectivity index (χ0) is 14.6.